The number of methoxy groups -OCH3 is 1. The molecule has 1 aromatic carbocycles. The lowest BCUT2D eigenvalue weighted by Gasteiger charge is -2.15. The second-order valence-corrected chi connectivity index (χ2v) is 6.73. The number of phenolic OH excluding ortho intramolecular Hbond substituents is 1. The molecule has 2 atom stereocenters. The number of nitrogens with zero attached hydrogens (tertiary/aromatic N) is 4. The van der Waals surface area contributed by atoms with E-state index in [1.807, 2.05) is 12.1 Å². The molecule has 0 aliphatic heterocycles. The van der Waals surface area contributed by atoms with Gasteiger partial charge in [-0.1, -0.05) is 24.8 Å². The molecule has 3 aromatic rings. The van der Waals surface area contributed by atoms with Crippen LogP contribution in [0.3, 0.4) is 0 Å². The largest absolute Gasteiger partial charge is 0.507 e. The van der Waals surface area contributed by atoms with Crippen LogP contribution in [0.4, 0.5) is 4.39 Å². The Labute approximate surface area is 167 Å². The number of hydrogen-bond acceptors (Lipinski definition) is 6. The molecule has 146 valence electrons. The first-order chi connectivity index (χ1) is 14.1. The fraction of sp³-hybridized carbons (Fsp3) is 0.182. The Morgan fingerprint density at radius 2 is 2.00 bits per heavy atom. The first-order valence-corrected chi connectivity index (χ1v) is 9.10. The molecular formula is C22H19FN4O2. The van der Waals surface area contributed by atoms with Crippen molar-refractivity contribution in [1.82, 2.24) is 20.2 Å². The van der Waals surface area contributed by atoms with Gasteiger partial charge in [0.25, 0.3) is 0 Å². The van der Waals surface area contributed by atoms with Crippen molar-refractivity contribution in [3.05, 3.63) is 67.2 Å². The number of pyridine rings is 1. The zero-order valence-electron chi connectivity index (χ0n) is 15.8. The molecule has 2 aromatic heterocycles. The summed E-state index contributed by atoms with van der Waals surface area (Å²) < 4.78 is 19.0. The number of aromatic nitrogens is 4. The average Bonchev–Trinajstić information content (AvgIpc) is 3.19. The van der Waals surface area contributed by atoms with Crippen molar-refractivity contribution < 1.29 is 14.2 Å². The average molecular weight is 390 g/mol. The Kier molecular flexibility index (Phi) is 5.03. The smallest absolute Gasteiger partial charge is 0.213 e. The third kappa shape index (κ3) is 3.71. The lowest BCUT2D eigenvalue weighted by atomic mass is 9.95. The summed E-state index contributed by atoms with van der Waals surface area (Å²) in [5.74, 6) is 0.458. The number of allylic oxidation sites excluding steroid dienone is 3. The number of phenols is 1. The van der Waals surface area contributed by atoms with Crippen LogP contribution in [0.25, 0.3) is 28.1 Å². The molecule has 2 heterocycles. The molecule has 0 saturated heterocycles. The van der Waals surface area contributed by atoms with Crippen molar-refractivity contribution in [2.45, 2.75) is 12.6 Å². The van der Waals surface area contributed by atoms with Crippen LogP contribution in [0, 0.1) is 5.92 Å². The van der Waals surface area contributed by atoms with Crippen molar-refractivity contribution in [2.24, 2.45) is 5.92 Å². The molecule has 29 heavy (non-hydrogen) atoms. The van der Waals surface area contributed by atoms with Gasteiger partial charge in [-0.3, -0.25) is 0 Å². The zero-order chi connectivity index (χ0) is 20.4. The first kappa shape index (κ1) is 18.7. The fourth-order valence-corrected chi connectivity index (χ4v) is 3.29. The van der Waals surface area contributed by atoms with E-state index in [1.54, 1.807) is 37.6 Å². The molecule has 7 heteroatoms. The molecule has 1 aliphatic rings. The predicted molar refractivity (Wildman–Crippen MR) is 108 cm³/mol. The molecule has 6 nitrogen and oxygen atoms in total. The van der Waals surface area contributed by atoms with Gasteiger partial charge >= 0.3 is 0 Å². The summed E-state index contributed by atoms with van der Waals surface area (Å²) in [4.78, 5) is 8.37. The Morgan fingerprint density at radius 1 is 1.17 bits per heavy atom. The van der Waals surface area contributed by atoms with Crippen LogP contribution < -0.4 is 4.74 Å². The SMILES string of the molecule is C=C(c1cnc(-c2ccc(-c3ccnc(OC)c3)cc2O)nn1)[C@@H]1CC=C[C@@H]1F. The molecule has 1 aliphatic carbocycles. The van der Waals surface area contributed by atoms with Crippen molar-refractivity contribution in [1.29, 1.82) is 0 Å². The van der Waals surface area contributed by atoms with Crippen LogP contribution >= 0.6 is 0 Å². The molecule has 0 fully saturated rings. The maximum atomic E-state index is 13.9. The molecule has 0 radical (unpaired) electrons. The second kappa shape index (κ2) is 7.79. The number of halogens is 1. The van der Waals surface area contributed by atoms with Gasteiger partial charge in [0.1, 0.15) is 17.6 Å². The number of rotatable bonds is 5. The second-order valence-electron chi connectivity index (χ2n) is 6.73. The van der Waals surface area contributed by atoms with E-state index in [0.717, 1.165) is 11.1 Å². The van der Waals surface area contributed by atoms with E-state index in [-0.39, 0.29) is 17.5 Å². The van der Waals surface area contributed by atoms with Crippen molar-refractivity contribution in [2.75, 3.05) is 7.11 Å². The minimum absolute atomic E-state index is 0.0236. The van der Waals surface area contributed by atoms with Gasteiger partial charge in [0.05, 0.1) is 18.9 Å². The van der Waals surface area contributed by atoms with E-state index in [1.165, 1.54) is 12.3 Å². The van der Waals surface area contributed by atoms with E-state index in [9.17, 15) is 9.50 Å². The molecule has 0 bridgehead atoms. The van der Waals surface area contributed by atoms with Gasteiger partial charge in [-0.2, -0.15) is 0 Å². The highest BCUT2D eigenvalue weighted by molar-refractivity contribution is 5.73. The minimum Gasteiger partial charge on any atom is -0.507 e. The van der Waals surface area contributed by atoms with Crippen LogP contribution in [0.1, 0.15) is 12.1 Å². The summed E-state index contributed by atoms with van der Waals surface area (Å²) in [6.45, 7) is 3.95. The summed E-state index contributed by atoms with van der Waals surface area (Å²) in [7, 11) is 1.55. The van der Waals surface area contributed by atoms with E-state index >= 15 is 0 Å². The minimum atomic E-state index is -1.06. The normalized spacial score (nSPS) is 18.0. The monoisotopic (exact) mass is 390 g/mol. The Bertz CT molecular complexity index is 1080. The Hall–Kier alpha value is -3.61. The summed E-state index contributed by atoms with van der Waals surface area (Å²) >= 11 is 0. The first-order valence-electron chi connectivity index (χ1n) is 9.10. The van der Waals surface area contributed by atoms with Gasteiger partial charge < -0.3 is 9.84 Å². The Morgan fingerprint density at radius 3 is 2.66 bits per heavy atom. The highest BCUT2D eigenvalue weighted by Gasteiger charge is 2.26. The van der Waals surface area contributed by atoms with Crippen molar-refractivity contribution >= 4 is 5.57 Å². The number of alkyl halides is 1. The molecule has 0 amide bonds. The third-order valence-corrected chi connectivity index (χ3v) is 4.95. The highest BCUT2D eigenvalue weighted by Crippen LogP contribution is 2.34. The predicted octanol–water partition coefficient (Wildman–Crippen LogP) is 4.24. The third-order valence-electron chi connectivity index (χ3n) is 4.95. The number of benzene rings is 1. The van der Waals surface area contributed by atoms with Crippen LogP contribution in [-0.4, -0.2) is 38.6 Å². The highest BCUT2D eigenvalue weighted by atomic mass is 19.1. The number of hydrogen-bond donors (Lipinski definition) is 1. The van der Waals surface area contributed by atoms with Gasteiger partial charge in [-0.25, -0.2) is 14.4 Å². The van der Waals surface area contributed by atoms with E-state index in [4.69, 9.17) is 4.74 Å². The topological polar surface area (TPSA) is 81.0 Å². The summed E-state index contributed by atoms with van der Waals surface area (Å²) in [6.07, 6.45) is 6.01. The van der Waals surface area contributed by atoms with Gasteiger partial charge in [-0.05, 0) is 41.3 Å². The number of aromatic hydroxyl groups is 1. The van der Waals surface area contributed by atoms with Crippen LogP contribution in [0.2, 0.25) is 0 Å². The van der Waals surface area contributed by atoms with E-state index in [2.05, 4.69) is 26.7 Å². The lowest BCUT2D eigenvalue weighted by Crippen LogP contribution is -2.11. The van der Waals surface area contributed by atoms with Gasteiger partial charge in [0.2, 0.25) is 5.88 Å². The molecule has 0 saturated carbocycles. The van der Waals surface area contributed by atoms with Gasteiger partial charge in [0.15, 0.2) is 5.82 Å². The standard InChI is InChI=1S/C22H19FN4O2/c1-13(16-4-3-5-18(16)23)19-12-25-22(27-26-19)17-7-6-14(10-20(17)28)15-8-9-24-21(11-15)29-2/h3,5-12,16,18,28H,1,4H2,2H3/t16-,18-/m0/s1. The van der Waals surface area contributed by atoms with Crippen LogP contribution in [0.5, 0.6) is 11.6 Å². The molecular weight excluding hydrogens is 371 g/mol. The molecule has 0 spiro atoms. The summed E-state index contributed by atoms with van der Waals surface area (Å²) in [5, 5.41) is 18.7. The summed E-state index contributed by atoms with van der Waals surface area (Å²) in [6, 6.07) is 8.80. The zero-order valence-corrected chi connectivity index (χ0v) is 15.8. The van der Waals surface area contributed by atoms with E-state index in [0.29, 0.717) is 29.1 Å². The maximum absolute atomic E-state index is 13.9. The van der Waals surface area contributed by atoms with E-state index < -0.39 is 6.17 Å². The Balaban J connectivity index is 1.58. The lowest BCUT2D eigenvalue weighted by molar-refractivity contribution is 0.346. The van der Waals surface area contributed by atoms with Crippen LogP contribution in [-0.2, 0) is 0 Å². The van der Waals surface area contributed by atoms with Crippen molar-refractivity contribution in [3.8, 4) is 34.1 Å². The number of ether oxygens (including phenoxy) is 1. The fourth-order valence-electron chi connectivity index (χ4n) is 3.29. The van der Waals surface area contributed by atoms with Crippen LogP contribution in [0.15, 0.2) is 61.5 Å². The molecule has 4 rings (SSSR count). The van der Waals surface area contributed by atoms with Gasteiger partial charge in [-0.15, -0.1) is 10.2 Å². The molecule has 1 N–H and O–H groups in total. The van der Waals surface area contributed by atoms with Crippen molar-refractivity contribution in [3.63, 3.8) is 0 Å². The maximum Gasteiger partial charge on any atom is 0.213 e. The summed E-state index contributed by atoms with van der Waals surface area (Å²) in [5.41, 5.74) is 3.12. The van der Waals surface area contributed by atoms with Gasteiger partial charge in [0, 0.05) is 18.2 Å². The molecule has 0 unspecified atom stereocenters. The quantitative estimate of drug-likeness (QED) is 0.656.